The zero-order valence-electron chi connectivity index (χ0n) is 12.5. The molecule has 0 aromatic heterocycles. The fourth-order valence-corrected chi connectivity index (χ4v) is 3.00. The molecule has 1 aromatic carbocycles. The van der Waals surface area contributed by atoms with Crippen molar-refractivity contribution in [2.75, 3.05) is 18.0 Å². The minimum atomic E-state index is -0.189. The Hall–Kier alpha value is -1.35. The van der Waals surface area contributed by atoms with Crippen LogP contribution < -0.4 is 10.2 Å². The van der Waals surface area contributed by atoms with Crippen LogP contribution in [0.5, 0.6) is 0 Å². The standard InChI is InChI=1S/C17H25FN2/c1-4-13(2)20(17-9-5-8-16(18)11-17)14(3)15-7-6-10-19-12-15/h5,8-9,11,14-15,19H,2,4,6-7,10,12H2,1,3H3. The van der Waals surface area contributed by atoms with Crippen molar-refractivity contribution in [3.8, 4) is 0 Å². The van der Waals surface area contributed by atoms with Crippen molar-refractivity contribution in [1.82, 2.24) is 5.32 Å². The molecule has 1 saturated heterocycles. The maximum atomic E-state index is 13.5. The molecule has 0 aliphatic carbocycles. The maximum absolute atomic E-state index is 13.5. The molecule has 1 aliphatic rings. The Bertz CT molecular complexity index is 452. The number of nitrogens with zero attached hydrogens (tertiary/aromatic N) is 1. The molecule has 0 bridgehead atoms. The first-order valence-corrected chi connectivity index (χ1v) is 7.56. The van der Waals surface area contributed by atoms with Gasteiger partial charge in [-0.3, -0.25) is 0 Å². The van der Waals surface area contributed by atoms with Crippen molar-refractivity contribution < 1.29 is 4.39 Å². The normalized spacial score (nSPS) is 20.4. The summed E-state index contributed by atoms with van der Waals surface area (Å²) in [6, 6.07) is 7.16. The fraction of sp³-hybridized carbons (Fsp3) is 0.529. The van der Waals surface area contributed by atoms with Gasteiger partial charge in [0.2, 0.25) is 0 Å². The monoisotopic (exact) mass is 276 g/mol. The van der Waals surface area contributed by atoms with Gasteiger partial charge in [-0.05, 0) is 63.4 Å². The van der Waals surface area contributed by atoms with E-state index in [2.05, 4.69) is 30.6 Å². The van der Waals surface area contributed by atoms with Crippen LogP contribution in [0.3, 0.4) is 0 Å². The number of hydrogen-bond donors (Lipinski definition) is 1. The molecule has 0 amide bonds. The second-order valence-electron chi connectivity index (χ2n) is 5.62. The van der Waals surface area contributed by atoms with Crippen LogP contribution in [0.4, 0.5) is 10.1 Å². The summed E-state index contributed by atoms with van der Waals surface area (Å²) < 4.78 is 13.5. The lowest BCUT2D eigenvalue weighted by Crippen LogP contribution is -2.44. The van der Waals surface area contributed by atoms with E-state index in [4.69, 9.17) is 0 Å². The quantitative estimate of drug-likeness (QED) is 0.876. The van der Waals surface area contributed by atoms with Gasteiger partial charge in [-0.25, -0.2) is 4.39 Å². The molecule has 2 nitrogen and oxygen atoms in total. The van der Waals surface area contributed by atoms with Crippen molar-refractivity contribution in [2.24, 2.45) is 5.92 Å². The largest absolute Gasteiger partial charge is 0.343 e. The summed E-state index contributed by atoms with van der Waals surface area (Å²) in [5.41, 5.74) is 1.96. The van der Waals surface area contributed by atoms with Gasteiger partial charge >= 0.3 is 0 Å². The molecule has 2 unspecified atom stereocenters. The number of allylic oxidation sites excluding steroid dienone is 1. The topological polar surface area (TPSA) is 15.3 Å². The van der Waals surface area contributed by atoms with Crippen LogP contribution in [0, 0.1) is 11.7 Å². The lowest BCUT2D eigenvalue weighted by atomic mass is 9.91. The molecule has 110 valence electrons. The van der Waals surface area contributed by atoms with E-state index >= 15 is 0 Å². The van der Waals surface area contributed by atoms with Crippen molar-refractivity contribution in [3.05, 3.63) is 42.4 Å². The summed E-state index contributed by atoms with van der Waals surface area (Å²) in [6.45, 7) is 10.6. The van der Waals surface area contributed by atoms with E-state index in [1.807, 2.05) is 6.07 Å². The minimum absolute atomic E-state index is 0.189. The molecular formula is C17H25FN2. The first-order valence-electron chi connectivity index (χ1n) is 7.56. The Morgan fingerprint density at radius 1 is 1.55 bits per heavy atom. The second-order valence-corrected chi connectivity index (χ2v) is 5.62. The van der Waals surface area contributed by atoms with Gasteiger partial charge in [0.1, 0.15) is 5.82 Å². The predicted molar refractivity (Wildman–Crippen MR) is 83.4 cm³/mol. The molecule has 0 spiro atoms. The average Bonchev–Trinajstić information content (AvgIpc) is 2.48. The summed E-state index contributed by atoms with van der Waals surface area (Å²) in [7, 11) is 0. The Kier molecular flexibility index (Phi) is 5.18. The van der Waals surface area contributed by atoms with E-state index in [0.717, 1.165) is 30.9 Å². The predicted octanol–water partition coefficient (Wildman–Crippen LogP) is 3.94. The highest BCUT2D eigenvalue weighted by Crippen LogP contribution is 2.29. The Morgan fingerprint density at radius 3 is 2.95 bits per heavy atom. The zero-order chi connectivity index (χ0) is 14.5. The van der Waals surface area contributed by atoms with E-state index in [9.17, 15) is 4.39 Å². The van der Waals surface area contributed by atoms with Gasteiger partial charge in [-0.1, -0.05) is 19.6 Å². The van der Waals surface area contributed by atoms with Crippen molar-refractivity contribution in [2.45, 2.75) is 39.2 Å². The minimum Gasteiger partial charge on any atom is -0.343 e. The number of nitrogens with one attached hydrogen (secondary N) is 1. The smallest absolute Gasteiger partial charge is 0.125 e. The van der Waals surface area contributed by atoms with Crippen LogP contribution in [-0.2, 0) is 0 Å². The van der Waals surface area contributed by atoms with E-state index in [1.54, 1.807) is 12.1 Å². The van der Waals surface area contributed by atoms with Crippen LogP contribution in [0.1, 0.15) is 33.1 Å². The molecule has 1 N–H and O–H groups in total. The number of benzene rings is 1. The third kappa shape index (κ3) is 3.40. The number of hydrogen-bond acceptors (Lipinski definition) is 2. The van der Waals surface area contributed by atoms with Crippen molar-refractivity contribution >= 4 is 5.69 Å². The maximum Gasteiger partial charge on any atom is 0.125 e. The van der Waals surface area contributed by atoms with Crippen LogP contribution >= 0.6 is 0 Å². The summed E-state index contributed by atoms with van der Waals surface area (Å²) in [5.74, 6) is 0.390. The summed E-state index contributed by atoms with van der Waals surface area (Å²) in [6.07, 6.45) is 3.31. The van der Waals surface area contributed by atoms with Crippen LogP contribution in [0.25, 0.3) is 0 Å². The third-order valence-electron chi connectivity index (χ3n) is 4.26. The molecule has 20 heavy (non-hydrogen) atoms. The van der Waals surface area contributed by atoms with Gasteiger partial charge in [0.25, 0.3) is 0 Å². The Labute approximate surface area is 121 Å². The van der Waals surface area contributed by atoms with Gasteiger partial charge in [0.05, 0.1) is 0 Å². The molecule has 0 radical (unpaired) electrons. The molecule has 1 heterocycles. The van der Waals surface area contributed by atoms with Gasteiger partial charge in [-0.15, -0.1) is 0 Å². The van der Waals surface area contributed by atoms with E-state index in [1.165, 1.54) is 18.9 Å². The summed E-state index contributed by atoms with van der Waals surface area (Å²) in [4.78, 5) is 2.21. The lowest BCUT2D eigenvalue weighted by Gasteiger charge is -2.39. The van der Waals surface area contributed by atoms with Gasteiger partial charge in [0.15, 0.2) is 0 Å². The zero-order valence-corrected chi connectivity index (χ0v) is 12.5. The summed E-state index contributed by atoms with van der Waals surface area (Å²) >= 11 is 0. The van der Waals surface area contributed by atoms with Crippen LogP contribution in [0.2, 0.25) is 0 Å². The second kappa shape index (κ2) is 6.89. The SMILES string of the molecule is C=C(CC)N(c1cccc(F)c1)C(C)C1CCCNC1. The van der Waals surface area contributed by atoms with Crippen LogP contribution in [0.15, 0.2) is 36.5 Å². The van der Waals surface area contributed by atoms with E-state index in [0.29, 0.717) is 12.0 Å². The van der Waals surface area contributed by atoms with Crippen molar-refractivity contribution in [1.29, 1.82) is 0 Å². The van der Waals surface area contributed by atoms with Gasteiger partial charge in [-0.2, -0.15) is 0 Å². The summed E-state index contributed by atoms with van der Waals surface area (Å²) in [5, 5.41) is 3.46. The van der Waals surface area contributed by atoms with Crippen LogP contribution in [-0.4, -0.2) is 19.1 Å². The fourth-order valence-electron chi connectivity index (χ4n) is 3.00. The van der Waals surface area contributed by atoms with Gasteiger partial charge in [0, 0.05) is 17.4 Å². The number of halogens is 1. The molecule has 1 aromatic rings. The number of anilines is 1. The highest BCUT2D eigenvalue weighted by atomic mass is 19.1. The third-order valence-corrected chi connectivity index (χ3v) is 4.26. The molecule has 1 aliphatic heterocycles. The molecule has 2 rings (SSSR count). The van der Waals surface area contributed by atoms with E-state index < -0.39 is 0 Å². The molecular weight excluding hydrogens is 251 g/mol. The first kappa shape index (κ1) is 15.0. The Morgan fingerprint density at radius 2 is 2.35 bits per heavy atom. The highest BCUT2D eigenvalue weighted by Gasteiger charge is 2.26. The lowest BCUT2D eigenvalue weighted by molar-refractivity contribution is 0.328. The average molecular weight is 276 g/mol. The number of rotatable bonds is 5. The molecule has 3 heteroatoms. The molecule has 2 atom stereocenters. The van der Waals surface area contributed by atoms with Crippen molar-refractivity contribution in [3.63, 3.8) is 0 Å². The highest BCUT2D eigenvalue weighted by molar-refractivity contribution is 5.53. The Balaban J connectivity index is 2.24. The van der Waals surface area contributed by atoms with E-state index in [-0.39, 0.29) is 5.82 Å². The molecule has 0 saturated carbocycles. The molecule has 1 fully saturated rings. The first-order chi connectivity index (χ1) is 9.63. The van der Waals surface area contributed by atoms with Gasteiger partial charge < -0.3 is 10.2 Å². The number of piperidine rings is 1.